The molecular weight excluding hydrogens is 270 g/mol. The van der Waals surface area contributed by atoms with Crippen LogP contribution in [-0.4, -0.2) is 23.0 Å². The zero-order valence-corrected chi connectivity index (χ0v) is 12.5. The van der Waals surface area contributed by atoms with E-state index in [4.69, 9.17) is 4.74 Å². The van der Waals surface area contributed by atoms with Gasteiger partial charge in [-0.1, -0.05) is 36.9 Å². The Labute approximate surface area is 124 Å². The maximum Gasteiger partial charge on any atom is 0.338 e. The summed E-state index contributed by atoms with van der Waals surface area (Å²) < 4.78 is 5.19. The topological polar surface area (TPSA) is 69.4 Å². The minimum atomic E-state index is -0.635. The van der Waals surface area contributed by atoms with Crippen LogP contribution in [0.1, 0.15) is 26.3 Å². The van der Waals surface area contributed by atoms with Crippen LogP contribution in [0.15, 0.2) is 48.6 Å². The molecule has 0 bridgehead atoms. The van der Waals surface area contributed by atoms with Crippen molar-refractivity contribution in [2.45, 2.75) is 26.4 Å². The number of hydrogen-bond acceptors (Lipinski definition) is 4. The van der Waals surface area contributed by atoms with Crippen molar-refractivity contribution in [3.63, 3.8) is 0 Å². The highest BCUT2D eigenvalue weighted by molar-refractivity contribution is 5.93. The van der Waals surface area contributed by atoms with Gasteiger partial charge in [-0.2, -0.15) is 0 Å². The maximum absolute atomic E-state index is 11.9. The lowest BCUT2D eigenvalue weighted by molar-refractivity contribution is -0.465. The van der Waals surface area contributed by atoms with Gasteiger partial charge in [0.05, 0.1) is 5.57 Å². The van der Waals surface area contributed by atoms with E-state index in [9.17, 15) is 14.9 Å². The van der Waals surface area contributed by atoms with Crippen molar-refractivity contribution >= 4 is 11.5 Å². The Kier molecular flexibility index (Phi) is 5.41. The molecule has 0 saturated heterocycles. The molecule has 0 heterocycles. The Morgan fingerprint density at radius 3 is 2.38 bits per heavy atom. The molecule has 0 unspecified atom stereocenters. The van der Waals surface area contributed by atoms with Gasteiger partial charge >= 0.3 is 5.97 Å². The highest BCUT2D eigenvalue weighted by Crippen LogP contribution is 2.18. The summed E-state index contributed by atoms with van der Waals surface area (Å²) >= 11 is 0. The largest absolute Gasteiger partial charge is 0.456 e. The van der Waals surface area contributed by atoms with Gasteiger partial charge in [0.1, 0.15) is 5.60 Å². The van der Waals surface area contributed by atoms with E-state index in [1.807, 2.05) is 6.07 Å². The number of esters is 1. The molecule has 5 nitrogen and oxygen atoms in total. The molecule has 0 amide bonds. The van der Waals surface area contributed by atoms with Crippen LogP contribution < -0.4 is 0 Å². The van der Waals surface area contributed by atoms with Crippen LogP contribution in [-0.2, 0) is 9.53 Å². The summed E-state index contributed by atoms with van der Waals surface area (Å²) in [6.07, 6.45) is 1.41. The lowest BCUT2D eigenvalue weighted by Gasteiger charge is -2.19. The zero-order valence-electron chi connectivity index (χ0n) is 12.5. The Morgan fingerprint density at radius 1 is 1.33 bits per heavy atom. The Hall–Kier alpha value is -2.43. The molecule has 0 spiro atoms. The molecule has 21 heavy (non-hydrogen) atoms. The molecule has 1 aromatic rings. The smallest absolute Gasteiger partial charge is 0.338 e. The van der Waals surface area contributed by atoms with Gasteiger partial charge < -0.3 is 4.74 Å². The van der Waals surface area contributed by atoms with E-state index < -0.39 is 16.5 Å². The van der Waals surface area contributed by atoms with E-state index in [1.54, 1.807) is 45.0 Å². The number of benzene rings is 1. The van der Waals surface area contributed by atoms with Gasteiger partial charge in [-0.25, -0.2) is 4.79 Å². The summed E-state index contributed by atoms with van der Waals surface area (Å²) in [5.74, 6) is -0.584. The first-order valence-corrected chi connectivity index (χ1v) is 6.49. The van der Waals surface area contributed by atoms with Gasteiger partial charge in [-0.05, 0) is 32.4 Å². The third kappa shape index (κ3) is 6.03. The van der Waals surface area contributed by atoms with E-state index in [0.29, 0.717) is 11.1 Å². The molecule has 5 heteroatoms. The normalized spacial score (nSPS) is 11.9. The summed E-state index contributed by atoms with van der Waals surface area (Å²) in [7, 11) is 0. The van der Waals surface area contributed by atoms with Crippen molar-refractivity contribution in [1.29, 1.82) is 0 Å². The first-order valence-electron chi connectivity index (χ1n) is 6.49. The fourth-order valence-electron chi connectivity index (χ4n) is 1.62. The number of rotatable bonds is 5. The van der Waals surface area contributed by atoms with Crippen molar-refractivity contribution in [2.24, 2.45) is 0 Å². The van der Waals surface area contributed by atoms with Crippen LogP contribution >= 0.6 is 0 Å². The van der Waals surface area contributed by atoms with Crippen LogP contribution in [0.5, 0.6) is 0 Å². The first kappa shape index (κ1) is 16.6. The number of hydrogen-bond donors (Lipinski definition) is 0. The molecule has 0 radical (unpaired) electrons. The SMILES string of the molecule is C=C(C=C(C[N+](=O)[O-])c1ccccc1)C(=O)OC(C)(C)C. The number of ether oxygens (including phenoxy) is 1. The Morgan fingerprint density at radius 2 is 1.90 bits per heavy atom. The molecule has 0 aliphatic rings. The van der Waals surface area contributed by atoms with E-state index >= 15 is 0 Å². The number of nitrogens with zero attached hydrogens (tertiary/aromatic N) is 1. The molecule has 0 N–H and O–H groups in total. The van der Waals surface area contributed by atoms with Crippen LogP contribution in [0.4, 0.5) is 0 Å². The quantitative estimate of drug-likeness (QED) is 0.274. The third-order valence-corrected chi connectivity index (χ3v) is 2.45. The highest BCUT2D eigenvalue weighted by atomic mass is 16.6. The standard InChI is InChI=1S/C16H19NO4/c1-12(15(18)21-16(2,3)4)10-14(11-17(19)20)13-8-6-5-7-9-13/h5-10H,1,11H2,2-4H3. The monoisotopic (exact) mass is 289 g/mol. The second kappa shape index (κ2) is 6.83. The van der Waals surface area contributed by atoms with E-state index in [2.05, 4.69) is 6.58 Å². The van der Waals surface area contributed by atoms with Gasteiger partial charge in [-0.3, -0.25) is 10.1 Å². The van der Waals surface area contributed by atoms with Gasteiger partial charge in [0.15, 0.2) is 0 Å². The van der Waals surface area contributed by atoms with Crippen molar-refractivity contribution < 1.29 is 14.5 Å². The minimum Gasteiger partial charge on any atom is -0.456 e. The highest BCUT2D eigenvalue weighted by Gasteiger charge is 2.19. The maximum atomic E-state index is 11.9. The Bertz CT molecular complexity index is 568. The summed E-state index contributed by atoms with van der Waals surface area (Å²) in [5.41, 5.74) is 0.546. The summed E-state index contributed by atoms with van der Waals surface area (Å²) in [5, 5.41) is 10.8. The zero-order chi connectivity index (χ0) is 16.0. The number of nitro groups is 1. The average Bonchev–Trinajstić information content (AvgIpc) is 2.36. The van der Waals surface area contributed by atoms with Gasteiger partial charge in [0.25, 0.3) is 0 Å². The summed E-state index contributed by atoms with van der Waals surface area (Å²) in [6.45, 7) is 8.50. The molecule has 1 rings (SSSR count). The molecular formula is C16H19NO4. The third-order valence-electron chi connectivity index (χ3n) is 2.45. The van der Waals surface area contributed by atoms with E-state index in [1.165, 1.54) is 6.08 Å². The molecule has 0 aliphatic carbocycles. The van der Waals surface area contributed by atoms with Crippen molar-refractivity contribution in [1.82, 2.24) is 0 Å². The number of carbonyl (C=O) groups excluding carboxylic acids is 1. The predicted molar refractivity (Wildman–Crippen MR) is 81.3 cm³/mol. The van der Waals surface area contributed by atoms with Crippen LogP contribution in [0.25, 0.3) is 5.57 Å². The second-order valence-electron chi connectivity index (χ2n) is 5.55. The van der Waals surface area contributed by atoms with Crippen LogP contribution in [0.2, 0.25) is 0 Å². The van der Waals surface area contributed by atoms with Crippen molar-refractivity contribution in [3.8, 4) is 0 Å². The van der Waals surface area contributed by atoms with Crippen LogP contribution in [0, 0.1) is 10.1 Å². The fourth-order valence-corrected chi connectivity index (χ4v) is 1.62. The molecule has 0 saturated carbocycles. The van der Waals surface area contributed by atoms with Crippen molar-refractivity contribution in [2.75, 3.05) is 6.54 Å². The van der Waals surface area contributed by atoms with Gasteiger partial charge in [0, 0.05) is 10.5 Å². The minimum absolute atomic E-state index is 0.0885. The first-order chi connectivity index (χ1) is 9.69. The van der Waals surface area contributed by atoms with Gasteiger partial charge in [-0.15, -0.1) is 0 Å². The average molecular weight is 289 g/mol. The second-order valence-corrected chi connectivity index (χ2v) is 5.55. The predicted octanol–water partition coefficient (Wildman–Crippen LogP) is 3.24. The molecule has 112 valence electrons. The molecule has 0 fully saturated rings. The lowest BCUT2D eigenvalue weighted by atomic mass is 10.0. The van der Waals surface area contributed by atoms with E-state index in [0.717, 1.165) is 0 Å². The summed E-state index contributed by atoms with van der Waals surface area (Å²) in [4.78, 5) is 22.2. The molecule has 0 aromatic heterocycles. The molecule has 0 atom stereocenters. The number of carbonyl (C=O) groups is 1. The van der Waals surface area contributed by atoms with Gasteiger partial charge in [0.2, 0.25) is 6.54 Å². The fraction of sp³-hybridized carbons (Fsp3) is 0.312. The molecule has 0 aliphatic heterocycles. The Balaban J connectivity index is 3.01. The van der Waals surface area contributed by atoms with E-state index in [-0.39, 0.29) is 12.1 Å². The van der Waals surface area contributed by atoms with Crippen LogP contribution in [0.3, 0.4) is 0 Å². The molecule has 1 aromatic carbocycles. The lowest BCUT2D eigenvalue weighted by Crippen LogP contribution is -2.24. The summed E-state index contributed by atoms with van der Waals surface area (Å²) in [6, 6.07) is 8.87. The van der Waals surface area contributed by atoms with Crippen molar-refractivity contribution in [3.05, 3.63) is 64.2 Å².